The first-order valence-electron chi connectivity index (χ1n) is 36.3. The number of hydrogen-bond donors (Lipinski definition) is 0. The van der Waals surface area contributed by atoms with E-state index in [4.69, 9.17) is 29.9 Å². The highest BCUT2D eigenvalue weighted by atomic mass is 32.1. The number of rotatable bonds is 8. The summed E-state index contributed by atoms with van der Waals surface area (Å²) in [4.78, 5) is 30.3. The van der Waals surface area contributed by atoms with Gasteiger partial charge in [-0.05, 0) is 141 Å². The van der Waals surface area contributed by atoms with E-state index in [1.807, 2.05) is 41.0 Å². The lowest BCUT2D eigenvalue weighted by Gasteiger charge is -2.14. The average Bonchev–Trinajstić information content (AvgIpc) is 1.54. The van der Waals surface area contributed by atoms with Crippen molar-refractivity contribution in [3.05, 3.63) is 352 Å². The fraction of sp³-hybridized carbons (Fsp3) is 0. The Labute approximate surface area is 626 Å². The predicted molar refractivity (Wildman–Crippen MR) is 454 cm³/mol. The molecule has 23 rings (SSSR count). The maximum Gasteiger partial charge on any atom is 0.163 e. The smallest absolute Gasteiger partial charge is 0.163 e. The van der Waals surface area contributed by atoms with Crippen molar-refractivity contribution in [2.24, 2.45) is 0 Å². The van der Waals surface area contributed by atoms with E-state index in [0.717, 1.165) is 83.6 Å². The number of nitrogens with zero attached hydrogens (tertiary/aromatic N) is 8. The Morgan fingerprint density at radius 2 is 0.630 bits per heavy atom. The zero-order chi connectivity index (χ0) is 70.9. The van der Waals surface area contributed by atoms with Gasteiger partial charge in [-0.25, -0.2) is 29.9 Å². The highest BCUT2D eigenvalue weighted by Crippen LogP contribution is 2.51. The molecule has 0 saturated carbocycles. The summed E-state index contributed by atoms with van der Waals surface area (Å²) in [6.45, 7) is 0. The molecule has 8 nitrogen and oxygen atoms in total. The van der Waals surface area contributed by atoms with Crippen molar-refractivity contribution in [1.82, 2.24) is 39.0 Å². The number of thiophene rings is 2. The van der Waals surface area contributed by atoms with Gasteiger partial charge >= 0.3 is 0 Å². The van der Waals surface area contributed by atoms with E-state index >= 15 is 0 Å². The maximum absolute atomic E-state index is 5.41. The van der Waals surface area contributed by atoms with E-state index in [1.165, 1.54) is 111 Å². The molecule has 0 unspecified atom stereocenters. The second-order valence-corrected chi connectivity index (χ2v) is 29.7. The molecule has 0 aliphatic carbocycles. The molecule has 0 spiro atoms. The Morgan fingerprint density at radius 1 is 0.231 bits per heavy atom. The van der Waals surface area contributed by atoms with E-state index in [0.29, 0.717) is 22.9 Å². The van der Waals surface area contributed by atoms with Crippen LogP contribution in [0.3, 0.4) is 0 Å². The normalized spacial score (nSPS) is 11.9. The van der Waals surface area contributed by atoms with Crippen LogP contribution in [0.2, 0.25) is 0 Å². The quantitative estimate of drug-likeness (QED) is 0.151. The third kappa shape index (κ3) is 9.88. The second-order valence-electron chi connectivity index (χ2n) is 27.6. The summed E-state index contributed by atoms with van der Waals surface area (Å²) in [7, 11) is 0. The molecule has 23 aromatic rings. The molecular weight excluding hydrogens is 1350 g/mol. The van der Waals surface area contributed by atoms with Gasteiger partial charge in [0, 0.05) is 129 Å². The molecule has 0 aliphatic rings. The summed E-state index contributed by atoms with van der Waals surface area (Å²) in [5.41, 5.74) is 18.4. The van der Waals surface area contributed by atoms with Gasteiger partial charge in [0.2, 0.25) is 0 Å². The van der Waals surface area contributed by atoms with Gasteiger partial charge in [0.05, 0.1) is 33.5 Å². The SMILES string of the molecule is c1cc(-c2nc(-c3ccc4ccccc4c3)c3cccnc3n2)cc(-n2c3ccccc3c3c4sc5ccccc5c4c4ccccc4c32)c1.c1ccc(-c2cc(-c3ccccc3)cc(-c3nc(-c4cccc(-n5c6ccccc6c6c7sc8ccccc8c7c7ccccc7c65)c4)nc4ncccc34)c2)cc1. The average molecular weight is 1410 g/mol. The van der Waals surface area contributed by atoms with Crippen LogP contribution in [0, 0.1) is 0 Å². The third-order valence-corrected chi connectivity index (χ3v) is 23.8. The van der Waals surface area contributed by atoms with Gasteiger partial charge in [-0.15, -0.1) is 22.7 Å². The van der Waals surface area contributed by atoms with Gasteiger partial charge in [0.25, 0.3) is 0 Å². The van der Waals surface area contributed by atoms with Crippen LogP contribution in [0.1, 0.15) is 0 Å². The Bertz CT molecular complexity index is 7590. The van der Waals surface area contributed by atoms with Gasteiger partial charge in [-0.2, -0.15) is 0 Å². The molecule has 0 atom stereocenters. The molecule has 502 valence electrons. The topological polar surface area (TPSA) is 87.2 Å². The lowest BCUT2D eigenvalue weighted by molar-refractivity contribution is 1.16. The first-order chi connectivity index (χ1) is 53.6. The number of aromatic nitrogens is 8. The van der Waals surface area contributed by atoms with Crippen molar-refractivity contribution in [3.8, 4) is 78.9 Å². The highest BCUT2D eigenvalue weighted by molar-refractivity contribution is 7.27. The van der Waals surface area contributed by atoms with Gasteiger partial charge < -0.3 is 9.13 Å². The van der Waals surface area contributed by atoms with E-state index in [9.17, 15) is 0 Å². The van der Waals surface area contributed by atoms with Crippen LogP contribution < -0.4 is 0 Å². The number of hydrogen-bond acceptors (Lipinski definition) is 8. The summed E-state index contributed by atoms with van der Waals surface area (Å²) in [6.07, 6.45) is 3.62. The van der Waals surface area contributed by atoms with Crippen molar-refractivity contribution in [1.29, 1.82) is 0 Å². The molecule has 10 heteroatoms. The molecular formula is C98H58N8S2. The molecule has 15 aromatic carbocycles. The lowest BCUT2D eigenvalue weighted by Crippen LogP contribution is -1.99. The molecule has 0 radical (unpaired) electrons. The molecule has 108 heavy (non-hydrogen) atoms. The molecule has 0 bridgehead atoms. The minimum absolute atomic E-state index is 0.631. The standard InChI is InChI=1S/C53H32N4S.C45H26N4S/c1-3-15-33(16-4-1)36-29-37(34-17-5-2-6-18-34)31-38(30-36)49-44-25-14-28-54-53(44)56-52(55-49)35-19-13-20-39(32-35)57-45-26-11-9-23-42(45)48-50(57)41-22-8-7-21-40(41)47-43-24-10-12-27-46(43)58-51(47)48;1-2-12-28-25-29(23-22-27(28)11-1)41-36-19-10-24-46-45(36)48-44(47-41)30-13-9-14-31(26-30)49-37-20-7-5-17-34(37)40-42(49)33-16-4-3-15-32(33)39-35-18-6-8-21-38(35)50-43(39)40/h1-32H;1-26H. The fourth-order valence-electron chi connectivity index (χ4n) is 16.7. The van der Waals surface area contributed by atoms with Gasteiger partial charge in [-0.3, -0.25) is 0 Å². The zero-order valence-electron chi connectivity index (χ0n) is 57.9. The van der Waals surface area contributed by atoms with Gasteiger partial charge in [0.15, 0.2) is 22.9 Å². The summed E-state index contributed by atoms with van der Waals surface area (Å²) in [5.74, 6) is 1.28. The van der Waals surface area contributed by atoms with Crippen molar-refractivity contribution < 1.29 is 0 Å². The Balaban J connectivity index is 0.000000135. The molecule has 8 heterocycles. The van der Waals surface area contributed by atoms with E-state index in [1.54, 1.807) is 6.20 Å². The van der Waals surface area contributed by atoms with Gasteiger partial charge in [-0.1, -0.05) is 243 Å². The Hall–Kier alpha value is -13.9. The van der Waals surface area contributed by atoms with Crippen LogP contribution in [-0.2, 0) is 0 Å². The summed E-state index contributed by atoms with van der Waals surface area (Å²) < 4.78 is 10.1. The minimum Gasteiger partial charge on any atom is -0.309 e. The van der Waals surface area contributed by atoms with E-state index in [2.05, 4.69) is 337 Å². The van der Waals surface area contributed by atoms with Crippen molar-refractivity contribution in [2.75, 3.05) is 0 Å². The molecule has 0 fully saturated rings. The number of benzene rings is 15. The van der Waals surface area contributed by atoms with Gasteiger partial charge in [0.1, 0.15) is 0 Å². The minimum atomic E-state index is 0.631. The summed E-state index contributed by atoms with van der Waals surface area (Å²) >= 11 is 3.78. The van der Waals surface area contributed by atoms with Crippen molar-refractivity contribution in [3.63, 3.8) is 0 Å². The van der Waals surface area contributed by atoms with Crippen LogP contribution >= 0.6 is 22.7 Å². The number of para-hydroxylation sites is 2. The van der Waals surface area contributed by atoms with Crippen molar-refractivity contribution >= 4 is 161 Å². The fourth-order valence-corrected chi connectivity index (χ4v) is 19.2. The predicted octanol–water partition coefficient (Wildman–Crippen LogP) is 26.4. The van der Waals surface area contributed by atoms with Crippen LogP contribution in [0.4, 0.5) is 0 Å². The van der Waals surface area contributed by atoms with E-state index in [-0.39, 0.29) is 0 Å². The number of pyridine rings is 2. The Morgan fingerprint density at radius 3 is 1.14 bits per heavy atom. The van der Waals surface area contributed by atoms with E-state index < -0.39 is 0 Å². The summed E-state index contributed by atoms with van der Waals surface area (Å²) in [5, 5.41) is 19.6. The molecule has 0 amide bonds. The Kier molecular flexibility index (Phi) is 14.2. The van der Waals surface area contributed by atoms with Crippen LogP contribution in [0.25, 0.3) is 217 Å². The van der Waals surface area contributed by atoms with Crippen LogP contribution in [-0.4, -0.2) is 39.0 Å². The number of fused-ring (bicyclic) bond motifs is 23. The first kappa shape index (κ1) is 61.6. The van der Waals surface area contributed by atoms with Crippen LogP contribution in [0.15, 0.2) is 352 Å². The monoisotopic (exact) mass is 1410 g/mol. The van der Waals surface area contributed by atoms with Crippen LogP contribution in [0.5, 0.6) is 0 Å². The third-order valence-electron chi connectivity index (χ3n) is 21.4. The first-order valence-corrected chi connectivity index (χ1v) is 37.9. The molecule has 0 N–H and O–H groups in total. The molecule has 8 aromatic heterocycles. The summed E-state index contributed by atoms with van der Waals surface area (Å²) in [6, 6.07) is 121. The van der Waals surface area contributed by atoms with Crippen molar-refractivity contribution in [2.45, 2.75) is 0 Å². The lowest BCUT2D eigenvalue weighted by atomic mass is 9.94. The largest absolute Gasteiger partial charge is 0.309 e. The maximum atomic E-state index is 5.41. The zero-order valence-corrected chi connectivity index (χ0v) is 59.5. The highest BCUT2D eigenvalue weighted by Gasteiger charge is 2.26. The molecule has 0 aliphatic heterocycles. The second kappa shape index (κ2) is 24.9. The molecule has 0 saturated heterocycles.